The average molecular weight is 463 g/mol. The van der Waals surface area contributed by atoms with Crippen LogP contribution in [-0.4, -0.2) is 48.8 Å². The maximum absolute atomic E-state index is 12.6. The normalized spacial score (nSPS) is 15.5. The van der Waals surface area contributed by atoms with E-state index in [1.807, 2.05) is 55.5 Å². The van der Waals surface area contributed by atoms with Gasteiger partial charge in [-0.15, -0.1) is 0 Å². The van der Waals surface area contributed by atoms with Crippen LogP contribution in [0.3, 0.4) is 0 Å². The van der Waals surface area contributed by atoms with Gasteiger partial charge in [-0.3, -0.25) is 4.79 Å². The lowest BCUT2D eigenvalue weighted by atomic mass is 10.1. The van der Waals surface area contributed by atoms with E-state index in [0.29, 0.717) is 31.2 Å². The van der Waals surface area contributed by atoms with Crippen molar-refractivity contribution in [2.45, 2.75) is 32.4 Å². The lowest BCUT2D eigenvalue weighted by Crippen LogP contribution is -2.42. The predicted octanol–water partition coefficient (Wildman–Crippen LogP) is 3.86. The molecule has 0 aliphatic carbocycles. The molecule has 1 saturated heterocycles. The third kappa shape index (κ3) is 5.75. The van der Waals surface area contributed by atoms with E-state index in [1.165, 1.54) is 0 Å². The summed E-state index contributed by atoms with van der Waals surface area (Å²) in [4.78, 5) is 23.6. The Morgan fingerprint density at radius 3 is 2.50 bits per heavy atom. The van der Waals surface area contributed by atoms with E-state index in [9.17, 15) is 4.79 Å². The first kappa shape index (κ1) is 23.4. The van der Waals surface area contributed by atoms with E-state index in [4.69, 9.17) is 14.2 Å². The highest BCUT2D eigenvalue weighted by Crippen LogP contribution is 2.29. The zero-order valence-electron chi connectivity index (χ0n) is 19.6. The third-order valence-corrected chi connectivity index (χ3v) is 5.64. The van der Waals surface area contributed by atoms with Gasteiger partial charge in [0.2, 0.25) is 5.95 Å². The smallest absolute Gasteiger partial charge is 0.254 e. The molecule has 8 heteroatoms. The summed E-state index contributed by atoms with van der Waals surface area (Å²) in [6.07, 6.45) is 5.04. The van der Waals surface area contributed by atoms with Crippen molar-refractivity contribution in [2.24, 2.45) is 0 Å². The molecule has 4 rings (SSSR count). The Bertz CT molecular complexity index is 1090. The summed E-state index contributed by atoms with van der Waals surface area (Å²) in [5.74, 6) is 2.60. The number of ether oxygens (including phenoxy) is 3. The van der Waals surface area contributed by atoms with Gasteiger partial charge in [-0.1, -0.05) is 30.3 Å². The highest BCUT2D eigenvalue weighted by molar-refractivity contribution is 5.93. The number of aromatic nitrogens is 2. The average Bonchev–Trinajstić information content (AvgIpc) is 2.89. The summed E-state index contributed by atoms with van der Waals surface area (Å²) >= 11 is 0. The van der Waals surface area contributed by atoms with Crippen LogP contribution in [0.5, 0.6) is 17.2 Å². The molecule has 0 saturated carbocycles. The summed E-state index contributed by atoms with van der Waals surface area (Å²) in [5.41, 5.74) is 1.32. The van der Waals surface area contributed by atoms with Gasteiger partial charge in [0, 0.05) is 31.0 Å². The SMILES string of the molecule is CCOc1ccccc1OC1CCCN(c2ncc(C(=O)NCc3ccccc3OC)cn2)C1. The van der Waals surface area contributed by atoms with Crippen LogP contribution in [0.15, 0.2) is 60.9 Å². The van der Waals surface area contributed by atoms with Gasteiger partial charge in [0.1, 0.15) is 11.9 Å². The predicted molar refractivity (Wildman–Crippen MR) is 130 cm³/mol. The number of nitrogens with zero attached hydrogens (tertiary/aromatic N) is 3. The standard InChI is InChI=1S/C26H30N4O4/c1-3-33-23-12-6-7-13-24(23)34-21-10-8-14-30(18-21)26-28-16-20(17-29-26)25(31)27-15-19-9-4-5-11-22(19)32-2/h4-7,9,11-13,16-17,21H,3,8,10,14-15,18H2,1-2H3,(H,27,31). The number of hydrogen-bond donors (Lipinski definition) is 1. The van der Waals surface area contributed by atoms with Gasteiger partial charge < -0.3 is 24.4 Å². The molecule has 1 aromatic heterocycles. The first-order valence-corrected chi connectivity index (χ1v) is 11.5. The van der Waals surface area contributed by atoms with Crippen molar-refractivity contribution < 1.29 is 19.0 Å². The lowest BCUT2D eigenvalue weighted by Gasteiger charge is -2.33. The molecule has 2 aromatic carbocycles. The second-order valence-corrected chi connectivity index (χ2v) is 7.97. The molecule has 1 aliphatic heterocycles. The van der Waals surface area contributed by atoms with Gasteiger partial charge in [0.15, 0.2) is 11.5 Å². The number of nitrogens with one attached hydrogen (secondary N) is 1. The quantitative estimate of drug-likeness (QED) is 0.517. The maximum atomic E-state index is 12.6. The summed E-state index contributed by atoms with van der Waals surface area (Å²) in [6, 6.07) is 15.3. The van der Waals surface area contributed by atoms with Crippen LogP contribution < -0.4 is 24.4 Å². The van der Waals surface area contributed by atoms with Gasteiger partial charge in [-0.25, -0.2) is 9.97 Å². The van der Waals surface area contributed by atoms with Gasteiger partial charge >= 0.3 is 0 Å². The molecule has 0 radical (unpaired) electrons. The van der Waals surface area contributed by atoms with E-state index in [-0.39, 0.29) is 12.0 Å². The fourth-order valence-electron chi connectivity index (χ4n) is 3.95. The molecule has 1 unspecified atom stereocenters. The van der Waals surface area contributed by atoms with Crippen molar-refractivity contribution in [1.82, 2.24) is 15.3 Å². The molecule has 3 aromatic rings. The Hall–Kier alpha value is -3.81. The molecule has 1 fully saturated rings. The second kappa shape index (κ2) is 11.4. The first-order chi connectivity index (χ1) is 16.7. The van der Waals surface area contributed by atoms with Gasteiger partial charge in [0.05, 0.1) is 25.8 Å². The molecule has 1 aliphatic rings. The van der Waals surface area contributed by atoms with Crippen LogP contribution in [0.25, 0.3) is 0 Å². The van der Waals surface area contributed by atoms with Crippen molar-refractivity contribution in [3.05, 3.63) is 72.1 Å². The molecule has 34 heavy (non-hydrogen) atoms. The number of benzene rings is 2. The topological polar surface area (TPSA) is 85.8 Å². The summed E-state index contributed by atoms with van der Waals surface area (Å²) in [5, 5.41) is 2.89. The second-order valence-electron chi connectivity index (χ2n) is 7.97. The number of para-hydroxylation sites is 3. The number of carbonyl (C=O) groups excluding carboxylic acids is 1. The molecule has 0 bridgehead atoms. The zero-order chi connectivity index (χ0) is 23.8. The fourth-order valence-corrected chi connectivity index (χ4v) is 3.95. The third-order valence-electron chi connectivity index (χ3n) is 5.64. The number of carbonyl (C=O) groups is 1. The van der Waals surface area contributed by atoms with Crippen LogP contribution in [0, 0.1) is 0 Å². The summed E-state index contributed by atoms with van der Waals surface area (Å²) in [6.45, 7) is 4.41. The van der Waals surface area contributed by atoms with Gasteiger partial charge in [0.25, 0.3) is 5.91 Å². The number of piperidine rings is 1. The number of methoxy groups -OCH3 is 1. The molecular weight excluding hydrogens is 432 g/mol. The van der Waals surface area contributed by atoms with Crippen LogP contribution in [0.4, 0.5) is 5.95 Å². The molecule has 0 spiro atoms. The van der Waals surface area contributed by atoms with E-state index < -0.39 is 0 Å². The molecule has 8 nitrogen and oxygen atoms in total. The molecular formula is C26H30N4O4. The Kier molecular flexibility index (Phi) is 7.80. The Morgan fingerprint density at radius 2 is 1.76 bits per heavy atom. The highest BCUT2D eigenvalue weighted by Gasteiger charge is 2.24. The Balaban J connectivity index is 1.35. The molecule has 1 amide bonds. The van der Waals surface area contributed by atoms with Crippen molar-refractivity contribution in [3.8, 4) is 17.2 Å². The van der Waals surface area contributed by atoms with E-state index in [2.05, 4.69) is 20.2 Å². The van der Waals surface area contributed by atoms with Crippen molar-refractivity contribution in [2.75, 3.05) is 31.7 Å². The minimum atomic E-state index is -0.232. The van der Waals surface area contributed by atoms with Crippen molar-refractivity contribution in [1.29, 1.82) is 0 Å². The first-order valence-electron chi connectivity index (χ1n) is 11.5. The molecule has 2 heterocycles. The molecule has 178 valence electrons. The van der Waals surface area contributed by atoms with Crippen molar-refractivity contribution >= 4 is 11.9 Å². The van der Waals surface area contributed by atoms with Crippen LogP contribution in [0.2, 0.25) is 0 Å². The highest BCUT2D eigenvalue weighted by atomic mass is 16.5. The minimum absolute atomic E-state index is 0.00258. The number of hydrogen-bond acceptors (Lipinski definition) is 7. The number of anilines is 1. The minimum Gasteiger partial charge on any atom is -0.496 e. The van der Waals surface area contributed by atoms with Crippen LogP contribution >= 0.6 is 0 Å². The monoisotopic (exact) mass is 462 g/mol. The summed E-state index contributed by atoms with van der Waals surface area (Å²) in [7, 11) is 1.61. The maximum Gasteiger partial charge on any atom is 0.254 e. The van der Waals surface area contributed by atoms with Crippen LogP contribution in [-0.2, 0) is 6.54 Å². The number of amides is 1. The molecule has 1 N–H and O–H groups in total. The van der Waals surface area contributed by atoms with E-state index in [0.717, 1.165) is 42.2 Å². The van der Waals surface area contributed by atoms with Gasteiger partial charge in [-0.2, -0.15) is 0 Å². The zero-order valence-corrected chi connectivity index (χ0v) is 19.6. The van der Waals surface area contributed by atoms with E-state index in [1.54, 1.807) is 19.5 Å². The number of rotatable bonds is 9. The van der Waals surface area contributed by atoms with E-state index >= 15 is 0 Å². The summed E-state index contributed by atoms with van der Waals surface area (Å²) < 4.78 is 17.3. The van der Waals surface area contributed by atoms with Crippen LogP contribution in [0.1, 0.15) is 35.7 Å². The fraction of sp³-hybridized carbons (Fsp3) is 0.346. The Morgan fingerprint density at radius 1 is 1.06 bits per heavy atom. The molecule has 1 atom stereocenters. The Labute approximate surface area is 199 Å². The van der Waals surface area contributed by atoms with Crippen molar-refractivity contribution in [3.63, 3.8) is 0 Å². The lowest BCUT2D eigenvalue weighted by molar-refractivity contribution is 0.0950. The largest absolute Gasteiger partial charge is 0.496 e. The van der Waals surface area contributed by atoms with Gasteiger partial charge in [-0.05, 0) is 38.0 Å².